The molecular weight excluding hydrogens is 582 g/mol. The average Bonchev–Trinajstić information content (AvgIpc) is 3.83. The van der Waals surface area contributed by atoms with Crippen molar-refractivity contribution in [1.82, 2.24) is 4.90 Å². The number of rotatable bonds is 17. The van der Waals surface area contributed by atoms with Gasteiger partial charge in [0.05, 0.1) is 100 Å². The van der Waals surface area contributed by atoms with Gasteiger partial charge in [0, 0.05) is 43.9 Å². The lowest BCUT2D eigenvalue weighted by molar-refractivity contribution is 0.264. The minimum absolute atomic E-state index is 0.128. The third kappa shape index (κ3) is 6.76. The standard InChI is InChI=1S/C37H43N3O6/c1-24-10-11-35(38(14-29-20-43-29)15-30-21-44-30)37(40(17-32-23-46-32)34-9-5-3-7-26(34)13-28-19-42-28)36(24)39(16-31-22-45-31)33-8-4-2-6-25(33)12-27-18-41-27/h2-11,27-32,36H,1,12-23H2. The molecule has 7 unspecified atom stereocenters. The first kappa shape index (κ1) is 29.0. The number of benzene rings is 2. The van der Waals surface area contributed by atoms with Crippen LogP contribution in [0.2, 0.25) is 0 Å². The van der Waals surface area contributed by atoms with Gasteiger partial charge in [-0.1, -0.05) is 49.1 Å². The largest absolute Gasteiger partial charge is 0.373 e. The van der Waals surface area contributed by atoms with Crippen LogP contribution >= 0.6 is 0 Å². The van der Waals surface area contributed by atoms with Crippen molar-refractivity contribution in [3.63, 3.8) is 0 Å². The molecule has 9 heteroatoms. The van der Waals surface area contributed by atoms with E-state index in [2.05, 4.69) is 75.4 Å². The fourth-order valence-electron chi connectivity index (χ4n) is 6.90. The van der Waals surface area contributed by atoms with Crippen LogP contribution in [-0.2, 0) is 41.3 Å². The van der Waals surface area contributed by atoms with Gasteiger partial charge in [0.2, 0.25) is 0 Å². The maximum atomic E-state index is 5.95. The molecule has 2 aromatic carbocycles. The highest BCUT2D eigenvalue weighted by Crippen LogP contribution is 2.41. The second-order valence-electron chi connectivity index (χ2n) is 13.6. The second-order valence-corrected chi connectivity index (χ2v) is 13.6. The number of ether oxygens (including phenoxy) is 6. The Kier molecular flexibility index (Phi) is 7.64. The molecule has 0 bridgehead atoms. The van der Waals surface area contributed by atoms with Crippen molar-refractivity contribution in [3.05, 3.63) is 95.4 Å². The van der Waals surface area contributed by atoms with Crippen LogP contribution in [0.25, 0.3) is 0 Å². The van der Waals surface area contributed by atoms with Crippen LogP contribution in [0.5, 0.6) is 0 Å². The minimum Gasteiger partial charge on any atom is -0.373 e. The molecule has 9 nitrogen and oxygen atoms in total. The summed E-state index contributed by atoms with van der Waals surface area (Å²) < 4.78 is 34.9. The summed E-state index contributed by atoms with van der Waals surface area (Å²) in [5.41, 5.74) is 8.51. The summed E-state index contributed by atoms with van der Waals surface area (Å²) in [6, 6.07) is 17.5. The van der Waals surface area contributed by atoms with Crippen LogP contribution in [0.15, 0.2) is 84.2 Å². The fraction of sp³-hybridized carbons (Fsp3) is 0.514. The maximum absolute atomic E-state index is 5.95. The number of hydrogen-bond donors (Lipinski definition) is 0. The van der Waals surface area contributed by atoms with Crippen LogP contribution in [0.3, 0.4) is 0 Å². The minimum atomic E-state index is -0.128. The van der Waals surface area contributed by atoms with Crippen LogP contribution in [0, 0.1) is 0 Å². The molecule has 2 aromatic rings. The Morgan fingerprint density at radius 3 is 1.61 bits per heavy atom. The molecule has 6 fully saturated rings. The Bertz CT molecular complexity index is 1500. The molecule has 46 heavy (non-hydrogen) atoms. The van der Waals surface area contributed by atoms with E-state index in [-0.39, 0.29) is 42.7 Å². The summed E-state index contributed by atoms with van der Waals surface area (Å²) >= 11 is 0. The summed E-state index contributed by atoms with van der Waals surface area (Å²) in [6.45, 7) is 12.7. The van der Waals surface area contributed by atoms with E-state index in [0.29, 0.717) is 0 Å². The molecule has 0 N–H and O–H groups in total. The first-order chi connectivity index (χ1) is 22.7. The Hall–Kier alpha value is -3.18. The molecule has 7 aliphatic rings. The summed E-state index contributed by atoms with van der Waals surface area (Å²) in [6.07, 6.45) is 7.68. The highest BCUT2D eigenvalue weighted by atomic mass is 16.6. The number of nitrogens with zero attached hydrogens (tertiary/aromatic N) is 3. The molecule has 0 spiro atoms. The monoisotopic (exact) mass is 625 g/mol. The van der Waals surface area contributed by atoms with Crippen molar-refractivity contribution in [2.45, 2.75) is 55.5 Å². The molecule has 1 aliphatic carbocycles. The highest BCUT2D eigenvalue weighted by molar-refractivity contribution is 5.68. The van der Waals surface area contributed by atoms with E-state index in [0.717, 1.165) is 84.2 Å². The van der Waals surface area contributed by atoms with Crippen LogP contribution in [0.1, 0.15) is 11.1 Å². The van der Waals surface area contributed by atoms with Crippen molar-refractivity contribution in [3.8, 4) is 0 Å². The lowest BCUT2D eigenvalue weighted by atomic mass is 9.91. The van der Waals surface area contributed by atoms with Gasteiger partial charge in [0.1, 0.15) is 0 Å². The van der Waals surface area contributed by atoms with Gasteiger partial charge >= 0.3 is 0 Å². The summed E-state index contributed by atoms with van der Waals surface area (Å²) in [4.78, 5) is 7.61. The van der Waals surface area contributed by atoms with Gasteiger partial charge in [-0.3, -0.25) is 0 Å². The van der Waals surface area contributed by atoms with Crippen molar-refractivity contribution in [2.24, 2.45) is 0 Å². The number of allylic oxidation sites excluding steroid dienone is 1. The molecular formula is C37H43N3O6. The lowest BCUT2D eigenvalue weighted by Crippen LogP contribution is -2.49. The maximum Gasteiger partial charge on any atom is 0.0988 e. The zero-order valence-electron chi connectivity index (χ0n) is 26.3. The number of hydrogen-bond acceptors (Lipinski definition) is 9. The van der Waals surface area contributed by atoms with Gasteiger partial charge in [-0.2, -0.15) is 0 Å². The fourth-order valence-corrected chi connectivity index (χ4v) is 6.90. The van der Waals surface area contributed by atoms with Gasteiger partial charge in [-0.15, -0.1) is 0 Å². The predicted molar refractivity (Wildman–Crippen MR) is 174 cm³/mol. The highest BCUT2D eigenvalue weighted by Gasteiger charge is 2.42. The summed E-state index contributed by atoms with van der Waals surface area (Å²) in [5.74, 6) is 0. The van der Waals surface area contributed by atoms with Crippen LogP contribution in [-0.4, -0.2) is 113 Å². The van der Waals surface area contributed by atoms with Crippen molar-refractivity contribution >= 4 is 11.4 Å². The van der Waals surface area contributed by atoms with Crippen LogP contribution < -0.4 is 9.80 Å². The molecule has 7 atom stereocenters. The summed E-state index contributed by atoms with van der Waals surface area (Å²) in [7, 11) is 0. The van der Waals surface area contributed by atoms with Gasteiger partial charge in [-0.25, -0.2) is 0 Å². The van der Waals surface area contributed by atoms with Crippen molar-refractivity contribution < 1.29 is 28.4 Å². The third-order valence-corrected chi connectivity index (χ3v) is 9.80. The van der Waals surface area contributed by atoms with E-state index >= 15 is 0 Å². The first-order valence-corrected chi connectivity index (χ1v) is 16.9. The molecule has 242 valence electrons. The number of anilines is 2. The molecule has 9 rings (SSSR count). The Morgan fingerprint density at radius 2 is 1.04 bits per heavy atom. The van der Waals surface area contributed by atoms with E-state index in [4.69, 9.17) is 35.0 Å². The molecule has 0 aromatic heterocycles. The van der Waals surface area contributed by atoms with E-state index in [9.17, 15) is 0 Å². The molecule has 6 saturated heterocycles. The Labute approximate surface area is 270 Å². The molecule has 0 amide bonds. The van der Waals surface area contributed by atoms with Crippen molar-refractivity contribution in [2.75, 3.05) is 75.6 Å². The number of epoxide rings is 6. The molecule has 0 radical (unpaired) electrons. The topological polar surface area (TPSA) is 84.9 Å². The van der Waals surface area contributed by atoms with Gasteiger partial charge in [-0.05, 0) is 34.9 Å². The Balaban J connectivity index is 1.21. The summed E-state index contributed by atoms with van der Waals surface area (Å²) in [5, 5.41) is 0. The number of para-hydroxylation sites is 2. The SMILES string of the molecule is C=C1C=CC(N(CC2CO2)CC2CO2)=C(N(CC2CO2)c2ccccc2CC2CO2)C1N(CC1CO1)c1ccccc1CC1CO1. The predicted octanol–water partition coefficient (Wildman–Crippen LogP) is 3.49. The Morgan fingerprint density at radius 1 is 0.565 bits per heavy atom. The van der Waals surface area contributed by atoms with E-state index < -0.39 is 0 Å². The molecule has 6 heterocycles. The second kappa shape index (κ2) is 12.1. The smallest absolute Gasteiger partial charge is 0.0988 e. The van der Waals surface area contributed by atoms with E-state index in [1.54, 1.807) is 0 Å². The quantitative estimate of drug-likeness (QED) is 0.246. The van der Waals surface area contributed by atoms with Gasteiger partial charge in [0.25, 0.3) is 0 Å². The normalized spacial score (nSPS) is 31.5. The van der Waals surface area contributed by atoms with E-state index in [1.165, 1.54) is 33.9 Å². The van der Waals surface area contributed by atoms with Gasteiger partial charge < -0.3 is 43.1 Å². The van der Waals surface area contributed by atoms with Crippen molar-refractivity contribution in [1.29, 1.82) is 0 Å². The zero-order chi connectivity index (χ0) is 30.6. The van der Waals surface area contributed by atoms with Crippen LogP contribution in [0.4, 0.5) is 11.4 Å². The van der Waals surface area contributed by atoms with E-state index in [1.807, 2.05) is 0 Å². The average molecular weight is 626 g/mol. The lowest BCUT2D eigenvalue weighted by Gasteiger charge is -2.45. The molecule has 6 aliphatic heterocycles. The third-order valence-electron chi connectivity index (χ3n) is 9.80. The molecule has 0 saturated carbocycles. The van der Waals surface area contributed by atoms with Gasteiger partial charge in [0.15, 0.2) is 0 Å². The zero-order valence-corrected chi connectivity index (χ0v) is 26.3. The first-order valence-electron chi connectivity index (χ1n) is 16.9.